The molecular weight excluding hydrogens is 398 g/mol. The molecule has 0 spiro atoms. The summed E-state index contributed by atoms with van der Waals surface area (Å²) in [5.41, 5.74) is 2.07. The van der Waals surface area contributed by atoms with Crippen LogP contribution >= 0.6 is 0 Å². The summed E-state index contributed by atoms with van der Waals surface area (Å²) in [4.78, 5) is 31.4. The van der Waals surface area contributed by atoms with Crippen LogP contribution in [0.2, 0.25) is 0 Å². The number of anilines is 1. The zero-order valence-corrected chi connectivity index (χ0v) is 19.9. The van der Waals surface area contributed by atoms with Crippen molar-refractivity contribution in [3.8, 4) is 0 Å². The van der Waals surface area contributed by atoms with Crippen molar-refractivity contribution in [2.45, 2.75) is 71.8 Å². The van der Waals surface area contributed by atoms with Crippen molar-refractivity contribution in [2.24, 2.45) is 34.5 Å². The van der Waals surface area contributed by atoms with Crippen molar-refractivity contribution < 1.29 is 9.59 Å². The molecule has 3 aliphatic carbocycles. The van der Waals surface area contributed by atoms with E-state index < -0.39 is 0 Å². The Kier molecular flexibility index (Phi) is 5.22. The molecule has 0 bridgehead atoms. The van der Waals surface area contributed by atoms with Crippen LogP contribution in [0.1, 0.15) is 64.5 Å². The molecule has 5 nitrogen and oxygen atoms in total. The number of hydrogen-bond acceptors (Lipinski definition) is 3. The van der Waals surface area contributed by atoms with Crippen molar-refractivity contribution in [1.29, 1.82) is 0 Å². The monoisotopic (exact) mass is 435 g/mol. The molecule has 4 unspecified atom stereocenters. The maximum absolute atomic E-state index is 12.9. The van der Waals surface area contributed by atoms with Gasteiger partial charge in [-0.3, -0.25) is 14.6 Å². The number of aromatic nitrogens is 1. The molecule has 2 amide bonds. The van der Waals surface area contributed by atoms with Crippen LogP contribution in [0.5, 0.6) is 0 Å². The number of carbonyl (C=O) groups is 2. The molecule has 0 aromatic carbocycles. The van der Waals surface area contributed by atoms with E-state index in [4.69, 9.17) is 0 Å². The van der Waals surface area contributed by atoms with Gasteiger partial charge in [0.1, 0.15) is 0 Å². The Hall–Kier alpha value is -2.17. The van der Waals surface area contributed by atoms with Crippen LogP contribution in [-0.4, -0.2) is 34.8 Å². The van der Waals surface area contributed by atoms with Gasteiger partial charge in [0.05, 0.1) is 11.9 Å². The van der Waals surface area contributed by atoms with E-state index in [1.807, 2.05) is 37.1 Å². The van der Waals surface area contributed by atoms with E-state index in [1.54, 1.807) is 6.20 Å². The molecule has 32 heavy (non-hydrogen) atoms. The van der Waals surface area contributed by atoms with Gasteiger partial charge >= 0.3 is 0 Å². The van der Waals surface area contributed by atoms with Gasteiger partial charge in [-0.15, -0.1) is 0 Å². The SMILES string of the molecule is Cc1ccc(NC(=O)C[C@H]2CCC3C4CCC5N(C)C(=O)C=C[C@]5(C)C4CC[C@@]32C)cn1. The molecule has 1 N–H and O–H groups in total. The summed E-state index contributed by atoms with van der Waals surface area (Å²) in [6.45, 7) is 6.81. The van der Waals surface area contributed by atoms with Crippen LogP contribution in [0.3, 0.4) is 0 Å². The highest BCUT2D eigenvalue weighted by molar-refractivity contribution is 5.90. The van der Waals surface area contributed by atoms with Gasteiger partial charge in [0, 0.05) is 30.6 Å². The Labute approximate surface area is 192 Å². The van der Waals surface area contributed by atoms with Gasteiger partial charge in [0.25, 0.3) is 0 Å². The quantitative estimate of drug-likeness (QED) is 0.729. The summed E-state index contributed by atoms with van der Waals surface area (Å²) < 4.78 is 0. The summed E-state index contributed by atoms with van der Waals surface area (Å²) in [6, 6.07) is 4.20. The minimum atomic E-state index is 0.0841. The molecule has 3 fully saturated rings. The molecule has 3 saturated carbocycles. The van der Waals surface area contributed by atoms with E-state index >= 15 is 0 Å². The zero-order valence-electron chi connectivity index (χ0n) is 19.9. The van der Waals surface area contributed by atoms with Gasteiger partial charge in [0.2, 0.25) is 11.8 Å². The van der Waals surface area contributed by atoms with E-state index in [1.165, 1.54) is 25.7 Å². The average molecular weight is 436 g/mol. The summed E-state index contributed by atoms with van der Waals surface area (Å²) in [7, 11) is 1.98. The highest BCUT2D eigenvalue weighted by Crippen LogP contribution is 2.65. The fourth-order valence-corrected chi connectivity index (χ4v) is 8.16. The average Bonchev–Trinajstić information content (AvgIpc) is 3.09. The second-order valence-electron chi connectivity index (χ2n) is 11.4. The number of aryl methyl sites for hydroxylation is 1. The molecule has 5 rings (SSSR count). The predicted octanol–water partition coefficient (Wildman–Crippen LogP) is 4.97. The number of likely N-dealkylation sites (N-methyl/N-ethyl adjacent to an activating group) is 1. The molecule has 1 aliphatic heterocycles. The third-order valence-electron chi connectivity index (χ3n) is 9.95. The van der Waals surface area contributed by atoms with Crippen LogP contribution in [0, 0.1) is 41.4 Å². The molecule has 2 heterocycles. The summed E-state index contributed by atoms with van der Waals surface area (Å²) in [6.07, 6.45) is 13.5. The fourth-order valence-electron chi connectivity index (χ4n) is 8.16. The number of hydrogen-bond donors (Lipinski definition) is 1. The Morgan fingerprint density at radius 3 is 2.72 bits per heavy atom. The number of fused-ring (bicyclic) bond motifs is 5. The van der Waals surface area contributed by atoms with Gasteiger partial charge < -0.3 is 10.2 Å². The third-order valence-corrected chi connectivity index (χ3v) is 9.95. The number of amides is 2. The van der Waals surface area contributed by atoms with Crippen molar-refractivity contribution in [1.82, 2.24) is 9.88 Å². The third kappa shape index (κ3) is 3.31. The van der Waals surface area contributed by atoms with E-state index in [9.17, 15) is 9.59 Å². The molecule has 172 valence electrons. The molecule has 1 aromatic rings. The van der Waals surface area contributed by atoms with E-state index in [0.717, 1.165) is 24.2 Å². The van der Waals surface area contributed by atoms with Crippen LogP contribution in [0.4, 0.5) is 5.69 Å². The topological polar surface area (TPSA) is 62.3 Å². The van der Waals surface area contributed by atoms with Crippen molar-refractivity contribution in [3.63, 3.8) is 0 Å². The Morgan fingerprint density at radius 1 is 1.16 bits per heavy atom. The molecule has 0 radical (unpaired) electrons. The highest BCUT2D eigenvalue weighted by atomic mass is 16.2. The minimum absolute atomic E-state index is 0.0841. The van der Waals surface area contributed by atoms with Crippen LogP contribution in [0.25, 0.3) is 0 Å². The lowest BCUT2D eigenvalue weighted by Gasteiger charge is -2.60. The van der Waals surface area contributed by atoms with Crippen LogP contribution in [-0.2, 0) is 9.59 Å². The minimum Gasteiger partial charge on any atom is -0.338 e. The molecular formula is C27H37N3O2. The second-order valence-corrected chi connectivity index (χ2v) is 11.4. The smallest absolute Gasteiger partial charge is 0.246 e. The first-order chi connectivity index (χ1) is 15.2. The van der Waals surface area contributed by atoms with Gasteiger partial charge in [-0.1, -0.05) is 19.9 Å². The highest BCUT2D eigenvalue weighted by Gasteiger charge is 2.60. The second kappa shape index (κ2) is 7.71. The normalized spacial score (nSPS) is 40.4. The lowest BCUT2D eigenvalue weighted by atomic mass is 9.47. The molecule has 5 heteroatoms. The molecule has 1 aromatic heterocycles. The first-order valence-electron chi connectivity index (χ1n) is 12.4. The largest absolute Gasteiger partial charge is 0.338 e. The van der Waals surface area contributed by atoms with E-state index in [0.29, 0.717) is 36.1 Å². The molecule has 4 aliphatic rings. The number of nitrogens with one attached hydrogen (secondary N) is 1. The first-order valence-corrected chi connectivity index (χ1v) is 12.4. The summed E-state index contributed by atoms with van der Waals surface area (Å²) >= 11 is 0. The maximum atomic E-state index is 12.9. The standard InChI is InChI=1S/C27H37N3O2/c1-17-5-7-19(16-28-17)29-24(31)15-18-6-9-21-20-8-10-23-27(3,14-12-25(32)30(23)4)22(20)11-13-26(18,21)2/h5,7,12,14,16,18,20-23H,6,8-11,13,15H2,1-4H3,(H,29,31)/t18-,20?,21?,22?,23?,26-,27-/m1/s1. The molecule has 7 atom stereocenters. The van der Waals surface area contributed by atoms with Gasteiger partial charge in [0.15, 0.2) is 0 Å². The van der Waals surface area contributed by atoms with Gasteiger partial charge in [-0.05, 0) is 92.7 Å². The Morgan fingerprint density at radius 2 is 1.97 bits per heavy atom. The summed E-state index contributed by atoms with van der Waals surface area (Å²) in [5, 5.41) is 3.07. The van der Waals surface area contributed by atoms with E-state index in [-0.39, 0.29) is 22.6 Å². The van der Waals surface area contributed by atoms with Crippen LogP contribution in [0.15, 0.2) is 30.5 Å². The Bertz CT molecular complexity index is 941. The number of carbonyl (C=O) groups excluding carboxylic acids is 2. The van der Waals surface area contributed by atoms with Crippen molar-refractivity contribution in [2.75, 3.05) is 12.4 Å². The van der Waals surface area contributed by atoms with Gasteiger partial charge in [-0.2, -0.15) is 0 Å². The van der Waals surface area contributed by atoms with Crippen molar-refractivity contribution >= 4 is 17.5 Å². The van der Waals surface area contributed by atoms with Crippen molar-refractivity contribution in [3.05, 3.63) is 36.2 Å². The predicted molar refractivity (Wildman–Crippen MR) is 126 cm³/mol. The number of nitrogens with zero attached hydrogens (tertiary/aromatic N) is 2. The Balaban J connectivity index is 1.31. The lowest BCUT2D eigenvalue weighted by molar-refractivity contribution is -0.139. The number of rotatable bonds is 3. The molecule has 0 saturated heterocycles. The zero-order chi connectivity index (χ0) is 22.7. The fraction of sp³-hybridized carbons (Fsp3) is 0.667. The summed E-state index contributed by atoms with van der Waals surface area (Å²) in [5.74, 6) is 2.75. The maximum Gasteiger partial charge on any atom is 0.246 e. The number of pyridine rings is 1. The first kappa shape index (κ1) is 21.7. The van der Waals surface area contributed by atoms with Crippen LogP contribution < -0.4 is 5.32 Å². The lowest BCUT2D eigenvalue weighted by Crippen LogP contribution is -2.59. The van der Waals surface area contributed by atoms with E-state index in [2.05, 4.69) is 30.2 Å². The van der Waals surface area contributed by atoms with Gasteiger partial charge in [-0.25, -0.2) is 0 Å².